The van der Waals surface area contributed by atoms with Gasteiger partial charge in [0.05, 0.1) is 30.0 Å². The van der Waals surface area contributed by atoms with Gasteiger partial charge in [-0.25, -0.2) is 0 Å². The Labute approximate surface area is 117 Å². The zero-order valence-corrected chi connectivity index (χ0v) is 11.5. The summed E-state index contributed by atoms with van der Waals surface area (Å²) in [5, 5.41) is 24.6. The summed E-state index contributed by atoms with van der Waals surface area (Å²) in [6, 6.07) is 5.27. The highest BCUT2D eigenvalue weighted by atomic mass is 16.5. The molecule has 110 valence electrons. The second kappa shape index (κ2) is 6.11. The average Bonchev–Trinajstić information content (AvgIpc) is 2.52. The molecule has 4 N–H and O–H groups in total. The van der Waals surface area contributed by atoms with Crippen LogP contribution in [0.3, 0.4) is 0 Å². The summed E-state index contributed by atoms with van der Waals surface area (Å²) in [6.45, 7) is 2.35. The van der Waals surface area contributed by atoms with Gasteiger partial charge in [0, 0.05) is 6.54 Å². The van der Waals surface area contributed by atoms with Gasteiger partial charge in [0.25, 0.3) is 5.91 Å². The summed E-state index contributed by atoms with van der Waals surface area (Å²) in [5.74, 6) is 0.146. The van der Waals surface area contributed by atoms with Crippen molar-refractivity contribution in [2.24, 2.45) is 0 Å². The van der Waals surface area contributed by atoms with E-state index in [0.717, 1.165) is 5.69 Å². The van der Waals surface area contributed by atoms with Crippen LogP contribution in [0.25, 0.3) is 0 Å². The first-order valence-electron chi connectivity index (χ1n) is 6.69. The minimum atomic E-state index is -1.01. The molecule has 0 aromatic heterocycles. The first kappa shape index (κ1) is 14.6. The molecule has 6 nitrogen and oxygen atoms in total. The lowest BCUT2D eigenvalue weighted by molar-refractivity contribution is 0.0650. The highest BCUT2D eigenvalue weighted by Crippen LogP contribution is 2.31. The van der Waals surface area contributed by atoms with Crippen molar-refractivity contribution < 1.29 is 19.7 Å². The summed E-state index contributed by atoms with van der Waals surface area (Å²) < 4.78 is 5.54. The number of anilines is 1. The molecule has 2 rings (SSSR count). The van der Waals surface area contributed by atoms with Gasteiger partial charge >= 0.3 is 0 Å². The topological polar surface area (TPSA) is 90.8 Å². The van der Waals surface area contributed by atoms with Crippen LogP contribution in [0.4, 0.5) is 5.69 Å². The number of carbonyl (C=O) groups excluding carboxylic acids is 1. The van der Waals surface area contributed by atoms with E-state index >= 15 is 0 Å². The standard InChI is InChI=1S/C14H20N2O4/c1-2-14(8-17,9-18)16-13(19)10-4-3-5-11-12(10)20-7-6-15-11/h3-5,15,17-18H,2,6-9H2,1H3,(H,16,19). The van der Waals surface area contributed by atoms with E-state index in [1.54, 1.807) is 19.1 Å². The summed E-state index contributed by atoms with van der Waals surface area (Å²) in [5.41, 5.74) is 0.162. The summed E-state index contributed by atoms with van der Waals surface area (Å²) >= 11 is 0. The molecule has 1 aromatic carbocycles. The number of nitrogens with one attached hydrogen (secondary N) is 2. The Hall–Kier alpha value is -1.79. The van der Waals surface area contributed by atoms with Crippen molar-refractivity contribution in [3.63, 3.8) is 0 Å². The molecule has 0 saturated carbocycles. The quantitative estimate of drug-likeness (QED) is 0.625. The molecule has 1 heterocycles. The number of amides is 1. The molecule has 0 bridgehead atoms. The molecule has 1 aromatic rings. The fraction of sp³-hybridized carbons (Fsp3) is 0.500. The van der Waals surface area contributed by atoms with Crippen LogP contribution in [-0.2, 0) is 0 Å². The van der Waals surface area contributed by atoms with Gasteiger partial charge in [-0.05, 0) is 18.6 Å². The van der Waals surface area contributed by atoms with Gasteiger partial charge in [-0.2, -0.15) is 0 Å². The Kier molecular flexibility index (Phi) is 4.46. The third-order valence-corrected chi connectivity index (χ3v) is 3.58. The third-order valence-electron chi connectivity index (χ3n) is 3.58. The Bertz CT molecular complexity index is 478. The van der Waals surface area contributed by atoms with E-state index in [1.807, 2.05) is 6.07 Å². The highest BCUT2D eigenvalue weighted by Gasteiger charge is 2.30. The van der Waals surface area contributed by atoms with Gasteiger partial charge in [-0.15, -0.1) is 0 Å². The average molecular weight is 280 g/mol. The molecule has 0 saturated heterocycles. The van der Waals surface area contributed by atoms with E-state index in [2.05, 4.69) is 10.6 Å². The first-order valence-corrected chi connectivity index (χ1v) is 6.69. The van der Waals surface area contributed by atoms with Crippen molar-refractivity contribution in [2.45, 2.75) is 18.9 Å². The van der Waals surface area contributed by atoms with Crippen LogP contribution in [0, 0.1) is 0 Å². The number of aliphatic hydroxyl groups is 2. The number of ether oxygens (including phenoxy) is 1. The smallest absolute Gasteiger partial charge is 0.255 e. The van der Waals surface area contributed by atoms with E-state index in [4.69, 9.17) is 4.74 Å². The van der Waals surface area contributed by atoms with Crippen LogP contribution in [0.5, 0.6) is 5.75 Å². The zero-order chi connectivity index (χ0) is 14.6. The molecule has 0 spiro atoms. The Balaban J connectivity index is 2.25. The SMILES string of the molecule is CCC(CO)(CO)NC(=O)c1cccc2c1OCCN2. The number of benzene rings is 1. The maximum Gasteiger partial charge on any atom is 0.255 e. The predicted molar refractivity (Wildman–Crippen MR) is 75.1 cm³/mol. The van der Waals surface area contributed by atoms with Crippen LogP contribution < -0.4 is 15.4 Å². The monoisotopic (exact) mass is 280 g/mol. The van der Waals surface area contributed by atoms with Crippen molar-refractivity contribution >= 4 is 11.6 Å². The van der Waals surface area contributed by atoms with E-state index in [1.165, 1.54) is 0 Å². The van der Waals surface area contributed by atoms with Crippen LogP contribution in [0.1, 0.15) is 23.7 Å². The van der Waals surface area contributed by atoms with E-state index in [0.29, 0.717) is 30.9 Å². The van der Waals surface area contributed by atoms with E-state index < -0.39 is 5.54 Å². The second-order valence-electron chi connectivity index (χ2n) is 4.86. The number of hydrogen-bond donors (Lipinski definition) is 4. The fourth-order valence-corrected chi connectivity index (χ4v) is 2.10. The normalized spacial score (nSPS) is 13.9. The van der Waals surface area contributed by atoms with Crippen molar-refractivity contribution in [1.82, 2.24) is 5.32 Å². The Morgan fingerprint density at radius 2 is 2.20 bits per heavy atom. The predicted octanol–water partition coefficient (Wildman–Crippen LogP) is 0.354. The first-order chi connectivity index (χ1) is 9.65. The van der Waals surface area contributed by atoms with Gasteiger partial charge in [-0.3, -0.25) is 4.79 Å². The largest absolute Gasteiger partial charge is 0.489 e. The third kappa shape index (κ3) is 2.71. The molecular weight excluding hydrogens is 260 g/mol. The number of para-hydroxylation sites is 1. The van der Waals surface area contributed by atoms with Gasteiger partial charge in [0.1, 0.15) is 6.61 Å². The molecule has 1 aliphatic rings. The molecule has 6 heteroatoms. The maximum absolute atomic E-state index is 12.4. The van der Waals surface area contributed by atoms with Crippen molar-refractivity contribution in [1.29, 1.82) is 0 Å². The Morgan fingerprint density at radius 1 is 1.45 bits per heavy atom. The number of carbonyl (C=O) groups is 1. The number of hydrogen-bond acceptors (Lipinski definition) is 5. The minimum absolute atomic E-state index is 0.320. The summed E-state index contributed by atoms with van der Waals surface area (Å²) in [6.07, 6.45) is 0.430. The van der Waals surface area contributed by atoms with Crippen LogP contribution in [0.2, 0.25) is 0 Å². The molecule has 0 unspecified atom stereocenters. The summed E-state index contributed by atoms with van der Waals surface area (Å²) in [7, 11) is 0. The van der Waals surface area contributed by atoms with Crippen LogP contribution in [0.15, 0.2) is 18.2 Å². The highest BCUT2D eigenvalue weighted by molar-refractivity contribution is 5.99. The number of rotatable bonds is 5. The number of fused-ring (bicyclic) bond motifs is 1. The van der Waals surface area contributed by atoms with Crippen molar-refractivity contribution in [3.05, 3.63) is 23.8 Å². The Morgan fingerprint density at radius 3 is 2.85 bits per heavy atom. The van der Waals surface area contributed by atoms with Crippen molar-refractivity contribution in [2.75, 3.05) is 31.7 Å². The maximum atomic E-state index is 12.4. The molecule has 0 aliphatic carbocycles. The van der Waals surface area contributed by atoms with Gasteiger partial charge in [0.2, 0.25) is 0 Å². The molecule has 0 fully saturated rings. The molecule has 1 amide bonds. The zero-order valence-electron chi connectivity index (χ0n) is 11.5. The minimum Gasteiger partial charge on any atom is -0.489 e. The second-order valence-corrected chi connectivity index (χ2v) is 4.86. The van der Waals surface area contributed by atoms with E-state index in [9.17, 15) is 15.0 Å². The lowest BCUT2D eigenvalue weighted by Crippen LogP contribution is -2.53. The lowest BCUT2D eigenvalue weighted by atomic mass is 9.97. The van der Waals surface area contributed by atoms with Gasteiger partial charge in [-0.1, -0.05) is 13.0 Å². The van der Waals surface area contributed by atoms with Crippen LogP contribution in [-0.4, -0.2) is 48.0 Å². The molecule has 0 radical (unpaired) electrons. The number of aliphatic hydroxyl groups excluding tert-OH is 2. The van der Waals surface area contributed by atoms with Gasteiger partial charge in [0.15, 0.2) is 5.75 Å². The molecular formula is C14H20N2O4. The summed E-state index contributed by atoms with van der Waals surface area (Å²) in [4.78, 5) is 12.4. The molecule has 0 atom stereocenters. The van der Waals surface area contributed by atoms with Crippen molar-refractivity contribution in [3.8, 4) is 5.75 Å². The lowest BCUT2D eigenvalue weighted by Gasteiger charge is -2.30. The molecule has 1 aliphatic heterocycles. The van der Waals surface area contributed by atoms with E-state index in [-0.39, 0.29) is 19.1 Å². The van der Waals surface area contributed by atoms with Gasteiger partial charge < -0.3 is 25.6 Å². The van der Waals surface area contributed by atoms with Crippen LogP contribution >= 0.6 is 0 Å². The fourth-order valence-electron chi connectivity index (χ4n) is 2.10. The molecule has 20 heavy (non-hydrogen) atoms.